The van der Waals surface area contributed by atoms with E-state index < -0.39 is 0 Å². The molecule has 0 fully saturated rings. The highest BCUT2D eigenvalue weighted by molar-refractivity contribution is 4.95. The molecule has 2 heteroatoms. The smallest absolute Gasteiger partial charge is 0.103 e. The predicted molar refractivity (Wildman–Crippen MR) is 41.5 cm³/mol. The molecule has 0 aliphatic carbocycles. The van der Waals surface area contributed by atoms with Gasteiger partial charge in [0.2, 0.25) is 0 Å². The molecule has 1 aromatic heterocycles. The SMILES string of the molecule is CC.Cc1cnc(C)[nH]1.[HH]. The number of aromatic nitrogens is 2. The van der Waals surface area contributed by atoms with E-state index in [1.807, 2.05) is 33.9 Å². The molecular formula is C7H16N2. The van der Waals surface area contributed by atoms with Crippen molar-refractivity contribution in [1.29, 1.82) is 0 Å². The van der Waals surface area contributed by atoms with E-state index in [4.69, 9.17) is 0 Å². The average Bonchev–Trinajstić information content (AvgIpc) is 2.20. The van der Waals surface area contributed by atoms with E-state index in [1.165, 1.54) is 0 Å². The number of hydrogen-bond donors (Lipinski definition) is 1. The maximum Gasteiger partial charge on any atom is 0.103 e. The summed E-state index contributed by atoms with van der Waals surface area (Å²) in [6, 6.07) is 0. The molecule has 0 saturated heterocycles. The van der Waals surface area contributed by atoms with Gasteiger partial charge in [0.15, 0.2) is 0 Å². The summed E-state index contributed by atoms with van der Waals surface area (Å²) in [6.07, 6.45) is 1.81. The van der Waals surface area contributed by atoms with Crippen LogP contribution in [0.25, 0.3) is 0 Å². The predicted octanol–water partition coefficient (Wildman–Crippen LogP) is 2.30. The zero-order chi connectivity index (χ0) is 7.28. The van der Waals surface area contributed by atoms with Gasteiger partial charge in [-0.3, -0.25) is 0 Å². The van der Waals surface area contributed by atoms with Crippen molar-refractivity contribution in [3.63, 3.8) is 0 Å². The van der Waals surface area contributed by atoms with Crippen LogP contribution < -0.4 is 0 Å². The minimum Gasteiger partial charge on any atom is -0.346 e. The molecule has 1 aromatic rings. The number of aryl methyl sites for hydroxylation is 2. The van der Waals surface area contributed by atoms with Gasteiger partial charge in [-0.2, -0.15) is 0 Å². The molecule has 2 nitrogen and oxygen atoms in total. The summed E-state index contributed by atoms with van der Waals surface area (Å²) in [6.45, 7) is 7.92. The maximum atomic E-state index is 3.96. The maximum absolute atomic E-state index is 3.96. The minimum atomic E-state index is 0. The lowest BCUT2D eigenvalue weighted by atomic mass is 10.6. The molecule has 54 valence electrons. The Hall–Kier alpha value is -0.790. The molecule has 0 aromatic carbocycles. The molecule has 0 saturated carbocycles. The summed E-state index contributed by atoms with van der Waals surface area (Å²) >= 11 is 0. The third-order valence-corrected chi connectivity index (χ3v) is 0.830. The Morgan fingerprint density at radius 2 is 2.00 bits per heavy atom. The first-order valence-electron chi connectivity index (χ1n) is 3.27. The number of aromatic amines is 1. The molecule has 9 heavy (non-hydrogen) atoms. The van der Waals surface area contributed by atoms with Crippen LogP contribution in [0.15, 0.2) is 6.20 Å². The first-order valence-corrected chi connectivity index (χ1v) is 3.27. The number of imidazole rings is 1. The molecular weight excluding hydrogens is 112 g/mol. The standard InChI is InChI=1S/C5H8N2.C2H6.H2/c1-4-3-6-5(2)7-4;1-2;/h3H,1-2H3,(H,6,7);1-2H3;1H. The van der Waals surface area contributed by atoms with E-state index in [9.17, 15) is 0 Å². The van der Waals surface area contributed by atoms with E-state index in [2.05, 4.69) is 9.97 Å². The fourth-order valence-electron chi connectivity index (χ4n) is 0.544. The second-order valence-corrected chi connectivity index (χ2v) is 1.65. The van der Waals surface area contributed by atoms with Gasteiger partial charge in [0.05, 0.1) is 0 Å². The van der Waals surface area contributed by atoms with Crippen molar-refractivity contribution in [2.45, 2.75) is 27.7 Å². The summed E-state index contributed by atoms with van der Waals surface area (Å²) < 4.78 is 0. The molecule has 1 rings (SSSR count). The number of H-pyrrole nitrogens is 1. The second kappa shape index (κ2) is 4.13. The Morgan fingerprint density at radius 1 is 1.44 bits per heavy atom. The van der Waals surface area contributed by atoms with E-state index in [0.29, 0.717) is 0 Å². The lowest BCUT2D eigenvalue weighted by Crippen LogP contribution is -1.70. The summed E-state index contributed by atoms with van der Waals surface area (Å²) in [5.41, 5.74) is 1.12. The van der Waals surface area contributed by atoms with E-state index in [-0.39, 0.29) is 1.43 Å². The van der Waals surface area contributed by atoms with Crippen LogP contribution in [0.4, 0.5) is 0 Å². The third kappa shape index (κ3) is 2.90. The molecule has 0 spiro atoms. The highest BCUT2D eigenvalue weighted by Crippen LogP contribution is 1.89. The Kier molecular flexibility index (Phi) is 3.76. The van der Waals surface area contributed by atoms with Gasteiger partial charge in [0.1, 0.15) is 5.82 Å². The lowest BCUT2D eigenvalue weighted by molar-refractivity contribution is 1.13. The molecule has 0 atom stereocenters. The van der Waals surface area contributed by atoms with Crippen molar-refractivity contribution >= 4 is 0 Å². The number of nitrogens with one attached hydrogen (secondary N) is 1. The van der Waals surface area contributed by atoms with Crippen molar-refractivity contribution in [2.24, 2.45) is 0 Å². The van der Waals surface area contributed by atoms with Crippen LogP contribution in [0.3, 0.4) is 0 Å². The average molecular weight is 128 g/mol. The van der Waals surface area contributed by atoms with Crippen LogP contribution >= 0.6 is 0 Å². The Labute approximate surface area is 57.8 Å². The van der Waals surface area contributed by atoms with Crippen LogP contribution in [0.2, 0.25) is 0 Å². The molecule has 0 unspecified atom stereocenters. The van der Waals surface area contributed by atoms with Gasteiger partial charge < -0.3 is 4.98 Å². The number of hydrogen-bond acceptors (Lipinski definition) is 1. The molecule has 1 N–H and O–H groups in total. The van der Waals surface area contributed by atoms with Crippen LogP contribution in [0.5, 0.6) is 0 Å². The highest BCUT2D eigenvalue weighted by Gasteiger charge is 1.83. The van der Waals surface area contributed by atoms with Gasteiger partial charge >= 0.3 is 0 Å². The summed E-state index contributed by atoms with van der Waals surface area (Å²) in [5, 5.41) is 0. The quantitative estimate of drug-likeness (QED) is 0.570. The minimum absolute atomic E-state index is 0. The van der Waals surface area contributed by atoms with E-state index in [1.54, 1.807) is 0 Å². The summed E-state index contributed by atoms with van der Waals surface area (Å²) in [7, 11) is 0. The van der Waals surface area contributed by atoms with Gasteiger partial charge in [0.25, 0.3) is 0 Å². The van der Waals surface area contributed by atoms with Crippen molar-refractivity contribution in [3.8, 4) is 0 Å². The summed E-state index contributed by atoms with van der Waals surface area (Å²) in [4.78, 5) is 6.99. The number of rotatable bonds is 0. The molecule has 0 amide bonds. The molecule has 0 aliphatic heterocycles. The van der Waals surface area contributed by atoms with Gasteiger partial charge in [-0.05, 0) is 13.8 Å². The van der Waals surface area contributed by atoms with Crippen LogP contribution in [-0.4, -0.2) is 9.97 Å². The zero-order valence-corrected chi connectivity index (χ0v) is 6.52. The lowest BCUT2D eigenvalue weighted by Gasteiger charge is -1.74. The fourth-order valence-corrected chi connectivity index (χ4v) is 0.544. The first-order chi connectivity index (χ1) is 4.29. The van der Waals surface area contributed by atoms with Gasteiger partial charge in [0, 0.05) is 13.3 Å². The Morgan fingerprint density at radius 3 is 2.11 bits per heavy atom. The Bertz CT molecular complexity index is 144. The van der Waals surface area contributed by atoms with Gasteiger partial charge in [-0.1, -0.05) is 13.8 Å². The Balaban J connectivity index is 0. The fraction of sp³-hybridized carbons (Fsp3) is 0.571. The van der Waals surface area contributed by atoms with E-state index in [0.717, 1.165) is 11.5 Å². The van der Waals surface area contributed by atoms with Crippen molar-refractivity contribution in [2.75, 3.05) is 0 Å². The first kappa shape index (κ1) is 8.21. The van der Waals surface area contributed by atoms with E-state index >= 15 is 0 Å². The van der Waals surface area contributed by atoms with Crippen molar-refractivity contribution in [1.82, 2.24) is 9.97 Å². The topological polar surface area (TPSA) is 28.7 Å². The zero-order valence-electron chi connectivity index (χ0n) is 6.52. The van der Waals surface area contributed by atoms with Gasteiger partial charge in [-0.25, -0.2) is 4.98 Å². The largest absolute Gasteiger partial charge is 0.346 e. The monoisotopic (exact) mass is 128 g/mol. The van der Waals surface area contributed by atoms with Crippen LogP contribution in [-0.2, 0) is 0 Å². The highest BCUT2D eigenvalue weighted by atomic mass is 14.9. The summed E-state index contributed by atoms with van der Waals surface area (Å²) in [5.74, 6) is 0.984. The third-order valence-electron chi connectivity index (χ3n) is 0.830. The molecule has 0 bridgehead atoms. The van der Waals surface area contributed by atoms with Crippen LogP contribution in [0.1, 0.15) is 26.8 Å². The van der Waals surface area contributed by atoms with Crippen LogP contribution in [0, 0.1) is 13.8 Å². The molecule has 0 radical (unpaired) electrons. The molecule has 1 heterocycles. The van der Waals surface area contributed by atoms with Crippen molar-refractivity contribution < 1.29 is 1.43 Å². The van der Waals surface area contributed by atoms with Gasteiger partial charge in [-0.15, -0.1) is 0 Å². The normalized spacial score (nSPS) is 8.00. The molecule has 0 aliphatic rings. The second-order valence-electron chi connectivity index (χ2n) is 1.65. The van der Waals surface area contributed by atoms with Crippen molar-refractivity contribution in [3.05, 3.63) is 17.7 Å². The number of nitrogens with zero attached hydrogens (tertiary/aromatic N) is 1.